The van der Waals surface area contributed by atoms with Crippen molar-refractivity contribution in [2.24, 2.45) is 12.8 Å². The van der Waals surface area contributed by atoms with Gasteiger partial charge in [0.05, 0.1) is 16.2 Å². The lowest BCUT2D eigenvalue weighted by Crippen LogP contribution is -2.19. The van der Waals surface area contributed by atoms with Crippen LogP contribution in [0.15, 0.2) is 21.3 Å². The number of anilines is 1. The number of oxazole rings is 1. The molecule has 0 unspecified atom stereocenters. The number of nitrogens with two attached hydrogens (primary N) is 1. The topological polar surface area (TPSA) is 90.3 Å². The van der Waals surface area contributed by atoms with E-state index < -0.39 is 11.8 Å². The molecule has 3 N–H and O–H groups in total. The normalized spacial score (nSPS) is 10.6. The number of urea groups is 1. The van der Waals surface area contributed by atoms with E-state index in [2.05, 4.69) is 5.32 Å². The van der Waals surface area contributed by atoms with Crippen molar-refractivity contribution in [2.75, 3.05) is 5.32 Å². The number of benzene rings is 1. The number of amides is 2. The molecular formula is C9H8ClN3O3. The fraction of sp³-hybridized carbons (Fsp3) is 0.111. The van der Waals surface area contributed by atoms with Crippen LogP contribution in [0.3, 0.4) is 0 Å². The summed E-state index contributed by atoms with van der Waals surface area (Å²) in [5, 5.41) is 2.61. The summed E-state index contributed by atoms with van der Waals surface area (Å²) < 4.78 is 6.25. The van der Waals surface area contributed by atoms with Gasteiger partial charge in [0.15, 0.2) is 5.58 Å². The number of nitrogens with one attached hydrogen (secondary N) is 1. The quantitative estimate of drug-likeness (QED) is 0.788. The van der Waals surface area contributed by atoms with Gasteiger partial charge in [0.2, 0.25) is 0 Å². The number of aromatic nitrogens is 1. The van der Waals surface area contributed by atoms with E-state index in [4.69, 9.17) is 21.8 Å². The molecule has 0 atom stereocenters. The second-order valence-electron chi connectivity index (χ2n) is 3.22. The van der Waals surface area contributed by atoms with Crippen molar-refractivity contribution >= 4 is 34.4 Å². The molecule has 0 saturated heterocycles. The number of nitrogens with zero attached hydrogens (tertiary/aromatic N) is 1. The average Bonchev–Trinajstić information content (AvgIpc) is 2.44. The van der Waals surface area contributed by atoms with Crippen LogP contribution in [-0.4, -0.2) is 10.6 Å². The molecule has 1 aromatic carbocycles. The third-order valence-electron chi connectivity index (χ3n) is 2.14. The molecule has 1 aromatic heterocycles. The summed E-state index contributed by atoms with van der Waals surface area (Å²) in [7, 11) is 1.56. The van der Waals surface area contributed by atoms with Crippen LogP contribution in [0, 0.1) is 0 Å². The van der Waals surface area contributed by atoms with Gasteiger partial charge >= 0.3 is 11.8 Å². The predicted octanol–water partition coefficient (Wildman–Crippen LogP) is 1.28. The molecule has 7 heteroatoms. The number of primary amides is 1. The molecule has 0 saturated carbocycles. The van der Waals surface area contributed by atoms with Gasteiger partial charge in [-0.25, -0.2) is 9.59 Å². The van der Waals surface area contributed by atoms with Crippen LogP contribution < -0.4 is 16.8 Å². The highest BCUT2D eigenvalue weighted by atomic mass is 35.5. The van der Waals surface area contributed by atoms with Crippen LogP contribution in [0.1, 0.15) is 0 Å². The zero-order valence-electron chi connectivity index (χ0n) is 8.28. The van der Waals surface area contributed by atoms with Gasteiger partial charge < -0.3 is 15.5 Å². The fourth-order valence-electron chi connectivity index (χ4n) is 1.38. The first-order valence-corrected chi connectivity index (χ1v) is 4.72. The lowest BCUT2D eigenvalue weighted by molar-refractivity contribution is 0.259. The molecule has 2 amide bonds. The molecule has 0 spiro atoms. The molecule has 0 aliphatic heterocycles. The fourth-order valence-corrected chi connectivity index (χ4v) is 1.58. The summed E-state index contributed by atoms with van der Waals surface area (Å²) in [4.78, 5) is 21.9. The summed E-state index contributed by atoms with van der Waals surface area (Å²) in [6.07, 6.45) is 0. The van der Waals surface area contributed by atoms with E-state index in [0.717, 1.165) is 0 Å². The summed E-state index contributed by atoms with van der Waals surface area (Å²) in [6.45, 7) is 0. The molecule has 2 aromatic rings. The lowest BCUT2D eigenvalue weighted by atomic mass is 10.3. The van der Waals surface area contributed by atoms with Crippen molar-refractivity contribution in [2.45, 2.75) is 0 Å². The third kappa shape index (κ3) is 1.63. The van der Waals surface area contributed by atoms with Gasteiger partial charge in [0.25, 0.3) is 0 Å². The Morgan fingerprint density at radius 3 is 2.88 bits per heavy atom. The van der Waals surface area contributed by atoms with Crippen LogP contribution in [0.25, 0.3) is 11.1 Å². The number of hydrogen-bond acceptors (Lipinski definition) is 3. The van der Waals surface area contributed by atoms with Crippen LogP contribution in [0.4, 0.5) is 10.5 Å². The van der Waals surface area contributed by atoms with Gasteiger partial charge in [-0.3, -0.25) is 4.57 Å². The number of rotatable bonds is 1. The average molecular weight is 242 g/mol. The van der Waals surface area contributed by atoms with Crippen LogP contribution >= 0.6 is 11.6 Å². The second kappa shape index (κ2) is 3.57. The number of aryl methyl sites for hydroxylation is 1. The number of hydrogen-bond donors (Lipinski definition) is 2. The first-order valence-electron chi connectivity index (χ1n) is 4.34. The Morgan fingerprint density at radius 2 is 2.25 bits per heavy atom. The monoisotopic (exact) mass is 241 g/mol. The highest BCUT2D eigenvalue weighted by molar-refractivity contribution is 6.34. The zero-order valence-corrected chi connectivity index (χ0v) is 9.04. The Morgan fingerprint density at radius 1 is 1.56 bits per heavy atom. The van der Waals surface area contributed by atoms with Crippen molar-refractivity contribution in [3.8, 4) is 0 Å². The summed E-state index contributed by atoms with van der Waals surface area (Å²) in [6, 6.07) is 2.23. The van der Waals surface area contributed by atoms with E-state index in [1.54, 1.807) is 7.05 Å². The van der Waals surface area contributed by atoms with Gasteiger partial charge in [-0.05, 0) is 6.07 Å². The molecule has 1 heterocycles. The minimum atomic E-state index is -0.737. The molecule has 0 aliphatic rings. The van der Waals surface area contributed by atoms with Crippen LogP contribution in [0.5, 0.6) is 0 Å². The lowest BCUT2D eigenvalue weighted by Gasteiger charge is -2.03. The maximum absolute atomic E-state index is 11.2. The molecule has 0 fully saturated rings. The molecule has 16 heavy (non-hydrogen) atoms. The highest BCUT2D eigenvalue weighted by Gasteiger charge is 2.11. The standard InChI is InChI=1S/C9H8ClN3O3/c1-13-6-2-4(10)5(12-8(11)14)3-7(6)16-9(13)15/h2-3H,1H3,(H3,11,12,14). The van der Waals surface area contributed by atoms with E-state index >= 15 is 0 Å². The summed E-state index contributed by atoms with van der Waals surface area (Å²) >= 11 is 5.90. The molecule has 6 nitrogen and oxygen atoms in total. The Balaban J connectivity index is 2.67. The SMILES string of the molecule is Cn1c(=O)oc2cc(NC(N)=O)c(Cl)cc21. The largest absolute Gasteiger partial charge is 0.419 e. The minimum absolute atomic E-state index is 0.280. The smallest absolute Gasteiger partial charge is 0.408 e. The maximum atomic E-state index is 11.2. The maximum Gasteiger partial charge on any atom is 0.419 e. The van der Waals surface area contributed by atoms with Gasteiger partial charge in [-0.2, -0.15) is 0 Å². The highest BCUT2D eigenvalue weighted by Crippen LogP contribution is 2.27. The van der Waals surface area contributed by atoms with Crippen molar-refractivity contribution in [1.29, 1.82) is 0 Å². The van der Waals surface area contributed by atoms with E-state index in [-0.39, 0.29) is 5.02 Å². The molecule has 0 radical (unpaired) electrons. The molecule has 2 rings (SSSR count). The van der Waals surface area contributed by atoms with E-state index in [1.807, 2.05) is 0 Å². The third-order valence-corrected chi connectivity index (χ3v) is 2.45. The zero-order chi connectivity index (χ0) is 11.9. The Labute approximate surface area is 94.6 Å². The molecule has 0 aliphatic carbocycles. The van der Waals surface area contributed by atoms with E-state index in [1.165, 1.54) is 16.7 Å². The molecular weight excluding hydrogens is 234 g/mol. The number of carbonyl (C=O) groups is 1. The van der Waals surface area contributed by atoms with E-state index in [9.17, 15) is 9.59 Å². The van der Waals surface area contributed by atoms with Crippen molar-refractivity contribution < 1.29 is 9.21 Å². The number of carbonyl (C=O) groups excluding carboxylic acids is 1. The van der Waals surface area contributed by atoms with Gasteiger partial charge in [0, 0.05) is 13.1 Å². The van der Waals surface area contributed by atoms with Crippen molar-refractivity contribution in [3.05, 3.63) is 27.7 Å². The van der Waals surface area contributed by atoms with Gasteiger partial charge in [-0.1, -0.05) is 11.6 Å². The Bertz CT molecular complexity index is 629. The second-order valence-corrected chi connectivity index (χ2v) is 3.62. The predicted molar refractivity (Wildman–Crippen MR) is 59.7 cm³/mol. The number of fused-ring (bicyclic) bond motifs is 1. The van der Waals surface area contributed by atoms with Crippen molar-refractivity contribution in [1.82, 2.24) is 4.57 Å². The van der Waals surface area contributed by atoms with Crippen LogP contribution in [0.2, 0.25) is 5.02 Å². The van der Waals surface area contributed by atoms with Crippen LogP contribution in [-0.2, 0) is 7.05 Å². The van der Waals surface area contributed by atoms with E-state index in [0.29, 0.717) is 16.8 Å². The first-order chi connectivity index (χ1) is 7.49. The number of halogens is 1. The van der Waals surface area contributed by atoms with Gasteiger partial charge in [-0.15, -0.1) is 0 Å². The van der Waals surface area contributed by atoms with Gasteiger partial charge in [0.1, 0.15) is 0 Å². The Hall–Kier alpha value is -1.95. The minimum Gasteiger partial charge on any atom is -0.408 e. The summed E-state index contributed by atoms with van der Waals surface area (Å²) in [5.41, 5.74) is 6.15. The summed E-state index contributed by atoms with van der Waals surface area (Å²) in [5.74, 6) is -0.498. The first kappa shape index (κ1) is 10.6. The molecule has 0 bridgehead atoms. The Kier molecular flexibility index (Phi) is 2.35. The molecule has 84 valence electrons. The van der Waals surface area contributed by atoms with Crippen molar-refractivity contribution in [3.63, 3.8) is 0 Å².